The second-order valence-electron chi connectivity index (χ2n) is 6.24. The molecule has 142 valence electrons. The highest BCUT2D eigenvalue weighted by Gasteiger charge is 2.28. The summed E-state index contributed by atoms with van der Waals surface area (Å²) in [5.74, 6) is -1.54. The van der Waals surface area contributed by atoms with E-state index in [2.05, 4.69) is 5.32 Å². The molecule has 1 aromatic rings. The summed E-state index contributed by atoms with van der Waals surface area (Å²) in [4.78, 5) is 15.8. The number of hydrogen-bond donors (Lipinski definition) is 1. The summed E-state index contributed by atoms with van der Waals surface area (Å²) in [5.41, 5.74) is -0.151. The molecule has 0 saturated carbocycles. The Bertz CT molecular complexity index is 647. The first-order valence-electron chi connectivity index (χ1n) is 8.62. The van der Waals surface area contributed by atoms with Crippen molar-refractivity contribution in [1.29, 1.82) is 5.26 Å². The molecule has 1 unspecified atom stereocenters. The summed E-state index contributed by atoms with van der Waals surface area (Å²) < 4.78 is 33.2. The molecule has 0 bridgehead atoms. The van der Waals surface area contributed by atoms with Crippen LogP contribution in [0.25, 0.3) is 0 Å². The number of ether oxygens (including phenoxy) is 1. The van der Waals surface area contributed by atoms with Crippen LogP contribution >= 0.6 is 0 Å². The summed E-state index contributed by atoms with van der Waals surface area (Å²) >= 11 is 0. The van der Waals surface area contributed by atoms with E-state index in [0.29, 0.717) is 39.3 Å². The van der Waals surface area contributed by atoms with Crippen LogP contribution in [0.1, 0.15) is 18.9 Å². The van der Waals surface area contributed by atoms with Crippen molar-refractivity contribution in [2.24, 2.45) is 0 Å². The quantitative estimate of drug-likeness (QED) is 0.741. The van der Waals surface area contributed by atoms with Gasteiger partial charge in [-0.1, -0.05) is 0 Å². The van der Waals surface area contributed by atoms with E-state index in [1.807, 2.05) is 11.8 Å². The molecule has 26 heavy (non-hydrogen) atoms. The highest BCUT2D eigenvalue weighted by atomic mass is 19.1. The second-order valence-corrected chi connectivity index (χ2v) is 6.24. The molecule has 6 nitrogen and oxygen atoms in total. The number of carbonyl (C=O) groups excluding carboxylic acids is 1. The Balaban J connectivity index is 1.91. The predicted molar refractivity (Wildman–Crippen MR) is 93.8 cm³/mol. The van der Waals surface area contributed by atoms with Crippen molar-refractivity contribution in [2.45, 2.75) is 19.4 Å². The van der Waals surface area contributed by atoms with Gasteiger partial charge in [-0.2, -0.15) is 5.26 Å². The molecule has 0 aliphatic carbocycles. The van der Waals surface area contributed by atoms with Crippen molar-refractivity contribution in [1.82, 2.24) is 10.2 Å². The molecule has 1 heterocycles. The zero-order valence-electron chi connectivity index (χ0n) is 15.1. The smallest absolute Gasteiger partial charge is 0.237 e. The molecule has 2 rings (SSSR count). The van der Waals surface area contributed by atoms with E-state index in [1.54, 1.807) is 18.1 Å². The van der Waals surface area contributed by atoms with Gasteiger partial charge in [-0.25, -0.2) is 8.78 Å². The highest BCUT2D eigenvalue weighted by Crippen LogP contribution is 2.26. The standard InChI is InChI=1S/C18H24F2N4O2/c1-13(18(25)22-4-3-9-26-2)23-5-7-24(8-6-23)17-15(19)10-14(12-21)11-16(17)20/h10-11,13H,3-9H2,1-2H3,(H,22,25). The molecule has 8 heteroatoms. The van der Waals surface area contributed by atoms with Gasteiger partial charge in [-0.15, -0.1) is 0 Å². The zero-order valence-corrected chi connectivity index (χ0v) is 15.1. The number of hydrogen-bond acceptors (Lipinski definition) is 5. The van der Waals surface area contributed by atoms with Crippen molar-refractivity contribution >= 4 is 11.6 Å². The topological polar surface area (TPSA) is 68.6 Å². The van der Waals surface area contributed by atoms with Crippen LogP contribution in [0, 0.1) is 23.0 Å². The minimum absolute atomic E-state index is 0.0406. The van der Waals surface area contributed by atoms with E-state index in [-0.39, 0.29) is 23.2 Å². The number of methoxy groups -OCH3 is 1. The van der Waals surface area contributed by atoms with Crippen LogP contribution in [0.5, 0.6) is 0 Å². The van der Waals surface area contributed by atoms with Gasteiger partial charge in [0.25, 0.3) is 0 Å². The molecule has 1 fully saturated rings. The van der Waals surface area contributed by atoms with Crippen molar-refractivity contribution < 1.29 is 18.3 Å². The van der Waals surface area contributed by atoms with E-state index in [4.69, 9.17) is 10.00 Å². The largest absolute Gasteiger partial charge is 0.385 e. The van der Waals surface area contributed by atoms with E-state index < -0.39 is 11.6 Å². The van der Waals surface area contributed by atoms with Crippen LogP contribution in [0.3, 0.4) is 0 Å². The maximum atomic E-state index is 14.1. The van der Waals surface area contributed by atoms with Gasteiger partial charge in [0.05, 0.1) is 17.7 Å². The lowest BCUT2D eigenvalue weighted by Gasteiger charge is -2.38. The molecular weight excluding hydrogens is 342 g/mol. The third-order valence-corrected chi connectivity index (χ3v) is 4.53. The molecule has 1 aromatic carbocycles. The number of piperazine rings is 1. The fraction of sp³-hybridized carbons (Fsp3) is 0.556. The Morgan fingerprint density at radius 1 is 1.31 bits per heavy atom. The Morgan fingerprint density at radius 2 is 1.92 bits per heavy atom. The molecule has 1 aliphatic heterocycles. The van der Waals surface area contributed by atoms with Gasteiger partial charge < -0.3 is 15.0 Å². The Labute approximate surface area is 152 Å². The zero-order chi connectivity index (χ0) is 19.1. The molecular formula is C18H24F2N4O2. The van der Waals surface area contributed by atoms with E-state index in [0.717, 1.165) is 18.6 Å². The summed E-state index contributed by atoms with van der Waals surface area (Å²) in [6.45, 7) is 4.82. The number of nitrogens with zero attached hydrogens (tertiary/aromatic N) is 3. The number of halogens is 2. The van der Waals surface area contributed by atoms with Gasteiger partial charge in [0.15, 0.2) is 11.6 Å². The molecule has 1 saturated heterocycles. The SMILES string of the molecule is COCCCNC(=O)C(C)N1CCN(c2c(F)cc(C#N)cc2F)CC1. The van der Waals surface area contributed by atoms with Gasteiger partial charge in [-0.3, -0.25) is 9.69 Å². The average Bonchev–Trinajstić information content (AvgIpc) is 2.64. The van der Waals surface area contributed by atoms with Gasteiger partial charge in [0, 0.05) is 46.4 Å². The first-order valence-corrected chi connectivity index (χ1v) is 8.62. The van der Waals surface area contributed by atoms with Crippen LogP contribution < -0.4 is 10.2 Å². The fourth-order valence-corrected chi connectivity index (χ4v) is 3.01. The summed E-state index contributed by atoms with van der Waals surface area (Å²) in [6.07, 6.45) is 0.750. The van der Waals surface area contributed by atoms with Crippen LogP contribution in [0.2, 0.25) is 0 Å². The minimum atomic E-state index is -0.737. The fourth-order valence-electron chi connectivity index (χ4n) is 3.01. The third-order valence-electron chi connectivity index (χ3n) is 4.53. The lowest BCUT2D eigenvalue weighted by atomic mass is 10.1. The van der Waals surface area contributed by atoms with Crippen LogP contribution in [0.15, 0.2) is 12.1 Å². The molecule has 1 N–H and O–H groups in total. The molecule has 0 spiro atoms. The number of amides is 1. The molecule has 1 aliphatic rings. The normalized spacial score (nSPS) is 16.2. The maximum absolute atomic E-state index is 14.1. The molecule has 0 radical (unpaired) electrons. The van der Waals surface area contributed by atoms with E-state index >= 15 is 0 Å². The summed E-state index contributed by atoms with van der Waals surface area (Å²) in [5, 5.41) is 11.6. The monoisotopic (exact) mass is 366 g/mol. The van der Waals surface area contributed by atoms with Crippen molar-refractivity contribution in [2.75, 3.05) is 51.3 Å². The molecule has 1 amide bonds. The number of nitrogens with one attached hydrogen (secondary N) is 1. The minimum Gasteiger partial charge on any atom is -0.385 e. The first kappa shape index (κ1) is 20.1. The molecule has 1 atom stereocenters. The summed E-state index contributed by atoms with van der Waals surface area (Å²) in [7, 11) is 1.61. The third kappa shape index (κ3) is 4.90. The Hall–Kier alpha value is -2.24. The van der Waals surface area contributed by atoms with E-state index in [9.17, 15) is 13.6 Å². The number of nitriles is 1. The maximum Gasteiger partial charge on any atom is 0.237 e. The van der Waals surface area contributed by atoms with Crippen molar-refractivity contribution in [3.63, 3.8) is 0 Å². The number of carbonyl (C=O) groups is 1. The Morgan fingerprint density at radius 3 is 2.46 bits per heavy atom. The highest BCUT2D eigenvalue weighted by molar-refractivity contribution is 5.81. The second kappa shape index (κ2) is 9.46. The van der Waals surface area contributed by atoms with Crippen LogP contribution in [-0.4, -0.2) is 63.3 Å². The number of rotatable bonds is 7. The average molecular weight is 366 g/mol. The first-order chi connectivity index (χ1) is 12.5. The Kier molecular flexibility index (Phi) is 7.30. The lowest BCUT2D eigenvalue weighted by Crippen LogP contribution is -2.54. The van der Waals surface area contributed by atoms with Crippen LogP contribution in [0.4, 0.5) is 14.5 Å². The van der Waals surface area contributed by atoms with Crippen LogP contribution in [-0.2, 0) is 9.53 Å². The lowest BCUT2D eigenvalue weighted by molar-refractivity contribution is -0.126. The van der Waals surface area contributed by atoms with Gasteiger partial charge in [0.1, 0.15) is 5.69 Å². The van der Waals surface area contributed by atoms with Gasteiger partial charge in [-0.05, 0) is 25.5 Å². The summed E-state index contributed by atoms with van der Waals surface area (Å²) in [6, 6.07) is 3.51. The van der Waals surface area contributed by atoms with Crippen molar-refractivity contribution in [3.05, 3.63) is 29.3 Å². The van der Waals surface area contributed by atoms with E-state index in [1.165, 1.54) is 0 Å². The number of anilines is 1. The van der Waals surface area contributed by atoms with Gasteiger partial charge >= 0.3 is 0 Å². The predicted octanol–water partition coefficient (Wildman–Crippen LogP) is 1.50. The van der Waals surface area contributed by atoms with Gasteiger partial charge in [0.2, 0.25) is 5.91 Å². The molecule has 0 aromatic heterocycles. The number of benzene rings is 1. The van der Waals surface area contributed by atoms with Crippen molar-refractivity contribution in [3.8, 4) is 6.07 Å².